The molecule has 126 valence electrons. The summed E-state index contributed by atoms with van der Waals surface area (Å²) in [6.07, 6.45) is 0. The maximum atomic E-state index is 12.5. The highest BCUT2D eigenvalue weighted by Crippen LogP contribution is 2.31. The fourth-order valence-corrected chi connectivity index (χ4v) is 3.26. The van der Waals surface area contributed by atoms with Crippen LogP contribution >= 0.6 is 11.3 Å². The maximum absolute atomic E-state index is 12.5. The van der Waals surface area contributed by atoms with E-state index in [0.29, 0.717) is 30.3 Å². The summed E-state index contributed by atoms with van der Waals surface area (Å²) in [4.78, 5) is 17.0. The second-order valence-corrected chi connectivity index (χ2v) is 6.71. The monoisotopic (exact) mass is 352 g/mol. The molecule has 1 N–H and O–H groups in total. The van der Waals surface area contributed by atoms with Gasteiger partial charge in [-0.15, -0.1) is 11.3 Å². The zero-order valence-electron chi connectivity index (χ0n) is 13.6. The number of thiazole rings is 1. The molecular formula is C19H16N2O3S. The fourth-order valence-electron chi connectivity index (χ4n) is 2.64. The summed E-state index contributed by atoms with van der Waals surface area (Å²) >= 11 is 1.60. The minimum Gasteiger partial charge on any atom is -0.486 e. The Morgan fingerprint density at radius 3 is 2.76 bits per heavy atom. The first-order chi connectivity index (χ1) is 12.2. The number of fused-ring (bicyclic) bond motifs is 1. The molecule has 2 heterocycles. The second kappa shape index (κ2) is 6.57. The van der Waals surface area contributed by atoms with Gasteiger partial charge < -0.3 is 14.8 Å². The van der Waals surface area contributed by atoms with Crippen molar-refractivity contribution in [2.24, 2.45) is 0 Å². The number of nitrogens with one attached hydrogen (secondary N) is 1. The van der Waals surface area contributed by atoms with Crippen LogP contribution < -0.4 is 14.8 Å². The topological polar surface area (TPSA) is 60.5 Å². The molecule has 1 aromatic heterocycles. The zero-order valence-corrected chi connectivity index (χ0v) is 14.4. The normalized spacial score (nSPS) is 12.7. The van der Waals surface area contributed by atoms with Crippen LogP contribution in [-0.4, -0.2) is 24.1 Å². The minimum absolute atomic E-state index is 0.191. The van der Waals surface area contributed by atoms with Crippen molar-refractivity contribution in [2.45, 2.75) is 6.92 Å². The molecule has 2 aromatic carbocycles. The summed E-state index contributed by atoms with van der Waals surface area (Å²) in [5.41, 5.74) is 3.14. The average molecular weight is 352 g/mol. The summed E-state index contributed by atoms with van der Waals surface area (Å²) in [5, 5.41) is 5.95. The van der Waals surface area contributed by atoms with E-state index in [0.717, 1.165) is 22.0 Å². The molecule has 0 saturated carbocycles. The summed E-state index contributed by atoms with van der Waals surface area (Å²) < 4.78 is 11.0. The van der Waals surface area contributed by atoms with Crippen LogP contribution in [0.25, 0.3) is 11.3 Å². The number of carbonyl (C=O) groups excluding carboxylic acids is 1. The number of nitrogens with zero attached hydrogens (tertiary/aromatic N) is 1. The van der Waals surface area contributed by atoms with Crippen LogP contribution in [0.5, 0.6) is 11.5 Å². The Kier molecular flexibility index (Phi) is 4.11. The van der Waals surface area contributed by atoms with E-state index in [1.54, 1.807) is 29.5 Å². The lowest BCUT2D eigenvalue weighted by Gasteiger charge is -2.18. The number of anilines is 1. The van der Waals surface area contributed by atoms with Crippen LogP contribution in [0.2, 0.25) is 0 Å². The number of benzene rings is 2. The number of aromatic nitrogens is 1. The zero-order chi connectivity index (χ0) is 17.2. The molecule has 0 atom stereocenters. The Bertz CT molecular complexity index is 936. The van der Waals surface area contributed by atoms with E-state index in [-0.39, 0.29) is 5.91 Å². The van der Waals surface area contributed by atoms with E-state index in [9.17, 15) is 4.79 Å². The molecule has 0 spiro atoms. The summed E-state index contributed by atoms with van der Waals surface area (Å²) in [6, 6.07) is 12.9. The number of carbonyl (C=O) groups is 1. The second-order valence-electron chi connectivity index (χ2n) is 5.65. The van der Waals surface area contributed by atoms with Gasteiger partial charge >= 0.3 is 0 Å². The molecule has 0 saturated heterocycles. The van der Waals surface area contributed by atoms with E-state index in [1.807, 2.05) is 36.6 Å². The highest BCUT2D eigenvalue weighted by Gasteiger charge is 2.15. The number of amides is 1. The number of ether oxygens (including phenoxy) is 2. The largest absolute Gasteiger partial charge is 0.486 e. The van der Waals surface area contributed by atoms with Gasteiger partial charge in [0.05, 0.1) is 10.7 Å². The molecule has 25 heavy (non-hydrogen) atoms. The Morgan fingerprint density at radius 1 is 1.12 bits per heavy atom. The quantitative estimate of drug-likeness (QED) is 0.769. The number of hydrogen-bond acceptors (Lipinski definition) is 5. The molecule has 6 heteroatoms. The molecule has 1 aliphatic heterocycles. The van der Waals surface area contributed by atoms with E-state index in [1.165, 1.54) is 0 Å². The van der Waals surface area contributed by atoms with Gasteiger partial charge in [-0.25, -0.2) is 4.98 Å². The van der Waals surface area contributed by atoms with Gasteiger partial charge in [-0.3, -0.25) is 4.79 Å². The molecule has 5 nitrogen and oxygen atoms in total. The lowest BCUT2D eigenvalue weighted by molar-refractivity contribution is 0.102. The van der Waals surface area contributed by atoms with E-state index >= 15 is 0 Å². The lowest BCUT2D eigenvalue weighted by atomic mass is 10.1. The Morgan fingerprint density at radius 2 is 1.96 bits per heavy atom. The van der Waals surface area contributed by atoms with Crippen LogP contribution in [0.15, 0.2) is 47.8 Å². The van der Waals surface area contributed by atoms with Crippen molar-refractivity contribution in [1.29, 1.82) is 0 Å². The van der Waals surface area contributed by atoms with Crippen LogP contribution in [0.4, 0.5) is 5.69 Å². The molecule has 3 aromatic rings. The molecule has 4 rings (SSSR count). The van der Waals surface area contributed by atoms with Crippen molar-refractivity contribution in [3.05, 3.63) is 58.4 Å². The van der Waals surface area contributed by atoms with Crippen LogP contribution in [0.3, 0.4) is 0 Å². The van der Waals surface area contributed by atoms with Crippen LogP contribution in [-0.2, 0) is 0 Å². The van der Waals surface area contributed by atoms with Crippen molar-refractivity contribution in [1.82, 2.24) is 4.98 Å². The molecule has 0 fully saturated rings. The van der Waals surface area contributed by atoms with Crippen LogP contribution in [0, 0.1) is 6.92 Å². The first kappa shape index (κ1) is 15.7. The van der Waals surface area contributed by atoms with Gasteiger partial charge in [-0.05, 0) is 37.3 Å². The van der Waals surface area contributed by atoms with Gasteiger partial charge in [0.1, 0.15) is 13.2 Å². The first-order valence-corrected chi connectivity index (χ1v) is 8.80. The van der Waals surface area contributed by atoms with Crippen molar-refractivity contribution < 1.29 is 14.3 Å². The third-order valence-electron chi connectivity index (χ3n) is 3.84. The Hall–Kier alpha value is -2.86. The standard InChI is InChI=1S/C19H16N2O3S/c1-12-20-16(11-25-12)13-3-2-4-15(9-13)21-19(22)14-5-6-17-18(10-14)24-8-7-23-17/h2-6,9-11H,7-8H2,1H3,(H,21,22). The highest BCUT2D eigenvalue weighted by atomic mass is 32.1. The lowest BCUT2D eigenvalue weighted by Crippen LogP contribution is -2.17. The van der Waals surface area contributed by atoms with Gasteiger partial charge in [-0.2, -0.15) is 0 Å². The Labute approximate surface area is 149 Å². The van der Waals surface area contributed by atoms with Gasteiger partial charge in [0.25, 0.3) is 5.91 Å². The van der Waals surface area contributed by atoms with E-state index in [2.05, 4.69) is 10.3 Å². The molecule has 0 radical (unpaired) electrons. The van der Waals surface area contributed by atoms with Crippen molar-refractivity contribution >= 4 is 22.9 Å². The predicted molar refractivity (Wildman–Crippen MR) is 97.7 cm³/mol. The summed E-state index contributed by atoms with van der Waals surface area (Å²) in [6.45, 7) is 3.00. The molecule has 0 unspecified atom stereocenters. The highest BCUT2D eigenvalue weighted by molar-refractivity contribution is 7.09. The fraction of sp³-hybridized carbons (Fsp3) is 0.158. The van der Waals surface area contributed by atoms with E-state index in [4.69, 9.17) is 9.47 Å². The average Bonchev–Trinajstić information content (AvgIpc) is 3.08. The number of hydrogen-bond donors (Lipinski definition) is 1. The third kappa shape index (κ3) is 3.34. The Balaban J connectivity index is 1.55. The number of rotatable bonds is 3. The van der Waals surface area contributed by atoms with Gasteiger partial charge in [0.15, 0.2) is 11.5 Å². The first-order valence-electron chi connectivity index (χ1n) is 7.92. The molecule has 1 amide bonds. The third-order valence-corrected chi connectivity index (χ3v) is 4.61. The predicted octanol–water partition coefficient (Wildman–Crippen LogP) is 4.14. The molecule has 0 bridgehead atoms. The summed E-state index contributed by atoms with van der Waals surface area (Å²) in [5.74, 6) is 1.08. The van der Waals surface area contributed by atoms with Crippen molar-refractivity contribution in [3.63, 3.8) is 0 Å². The molecule has 0 aliphatic carbocycles. The maximum Gasteiger partial charge on any atom is 0.255 e. The van der Waals surface area contributed by atoms with Crippen molar-refractivity contribution in [3.8, 4) is 22.8 Å². The van der Waals surface area contributed by atoms with E-state index < -0.39 is 0 Å². The van der Waals surface area contributed by atoms with Crippen molar-refractivity contribution in [2.75, 3.05) is 18.5 Å². The SMILES string of the molecule is Cc1nc(-c2cccc(NC(=O)c3ccc4c(c3)OCCO4)c2)cs1. The van der Waals surface area contributed by atoms with Gasteiger partial charge in [0, 0.05) is 22.2 Å². The van der Waals surface area contributed by atoms with Crippen LogP contribution in [0.1, 0.15) is 15.4 Å². The number of aryl methyl sites for hydroxylation is 1. The smallest absolute Gasteiger partial charge is 0.255 e. The van der Waals surface area contributed by atoms with Gasteiger partial charge in [-0.1, -0.05) is 12.1 Å². The minimum atomic E-state index is -0.191. The molecule has 1 aliphatic rings. The van der Waals surface area contributed by atoms with Gasteiger partial charge in [0.2, 0.25) is 0 Å². The summed E-state index contributed by atoms with van der Waals surface area (Å²) in [7, 11) is 0. The molecular weight excluding hydrogens is 336 g/mol.